The van der Waals surface area contributed by atoms with Crippen LogP contribution in [0.3, 0.4) is 0 Å². The molecule has 0 radical (unpaired) electrons. The Kier molecular flexibility index (Phi) is 3.37. The highest BCUT2D eigenvalue weighted by Gasteiger charge is 2.15. The quantitative estimate of drug-likeness (QED) is 0.741. The summed E-state index contributed by atoms with van der Waals surface area (Å²) in [6.07, 6.45) is 4.23. The normalized spacial score (nSPS) is 14.3. The average molecular weight is 258 g/mol. The zero-order chi connectivity index (χ0) is 12.4. The SMILES string of the molecule is Fc1cc(Sc2ccccc2)cc2c1CCCC2. The van der Waals surface area contributed by atoms with Gasteiger partial charge < -0.3 is 0 Å². The first-order valence-electron chi connectivity index (χ1n) is 6.37. The first kappa shape index (κ1) is 11.8. The topological polar surface area (TPSA) is 0 Å². The van der Waals surface area contributed by atoms with Crippen molar-refractivity contribution in [2.75, 3.05) is 0 Å². The standard InChI is InChI=1S/C16H15FS/c17-16-11-14(18-13-7-2-1-3-8-13)10-12-6-4-5-9-15(12)16/h1-3,7-8,10-11H,4-6,9H2. The van der Waals surface area contributed by atoms with Gasteiger partial charge in [0.15, 0.2) is 0 Å². The van der Waals surface area contributed by atoms with Crippen LogP contribution in [0.1, 0.15) is 24.0 Å². The lowest BCUT2D eigenvalue weighted by Crippen LogP contribution is -2.05. The van der Waals surface area contributed by atoms with Crippen molar-refractivity contribution in [3.63, 3.8) is 0 Å². The predicted molar refractivity (Wildman–Crippen MR) is 73.6 cm³/mol. The zero-order valence-corrected chi connectivity index (χ0v) is 11.0. The fraction of sp³-hybridized carbons (Fsp3) is 0.250. The molecule has 18 heavy (non-hydrogen) atoms. The number of fused-ring (bicyclic) bond motifs is 1. The van der Waals surface area contributed by atoms with E-state index in [0.29, 0.717) is 0 Å². The van der Waals surface area contributed by atoms with Crippen LogP contribution in [0.15, 0.2) is 52.3 Å². The summed E-state index contributed by atoms with van der Waals surface area (Å²) in [6.45, 7) is 0. The van der Waals surface area contributed by atoms with Crippen molar-refractivity contribution in [2.24, 2.45) is 0 Å². The minimum absolute atomic E-state index is 0.0226. The van der Waals surface area contributed by atoms with E-state index in [9.17, 15) is 4.39 Å². The first-order valence-corrected chi connectivity index (χ1v) is 7.19. The van der Waals surface area contributed by atoms with Crippen LogP contribution >= 0.6 is 11.8 Å². The van der Waals surface area contributed by atoms with Gasteiger partial charge in [0.05, 0.1) is 0 Å². The van der Waals surface area contributed by atoms with Gasteiger partial charge in [0.1, 0.15) is 5.82 Å². The number of benzene rings is 2. The molecule has 0 amide bonds. The van der Waals surface area contributed by atoms with Crippen LogP contribution < -0.4 is 0 Å². The van der Waals surface area contributed by atoms with Gasteiger partial charge in [-0.15, -0.1) is 0 Å². The lowest BCUT2D eigenvalue weighted by Gasteiger charge is -2.17. The van der Waals surface area contributed by atoms with Crippen molar-refractivity contribution in [1.82, 2.24) is 0 Å². The molecule has 0 N–H and O–H groups in total. The van der Waals surface area contributed by atoms with Crippen molar-refractivity contribution >= 4 is 11.8 Å². The lowest BCUT2D eigenvalue weighted by molar-refractivity contribution is 0.574. The molecule has 0 aliphatic heterocycles. The highest BCUT2D eigenvalue weighted by Crippen LogP contribution is 2.33. The van der Waals surface area contributed by atoms with E-state index in [2.05, 4.69) is 18.2 Å². The maximum absolute atomic E-state index is 14.0. The van der Waals surface area contributed by atoms with Crippen LogP contribution in [0.5, 0.6) is 0 Å². The van der Waals surface area contributed by atoms with Gasteiger partial charge in [-0.25, -0.2) is 4.39 Å². The highest BCUT2D eigenvalue weighted by molar-refractivity contribution is 7.99. The third-order valence-corrected chi connectivity index (χ3v) is 4.34. The molecule has 0 fully saturated rings. The minimum Gasteiger partial charge on any atom is -0.207 e. The van der Waals surface area contributed by atoms with Crippen LogP contribution in [0.2, 0.25) is 0 Å². The van der Waals surface area contributed by atoms with Gasteiger partial charge in [-0.05, 0) is 61.1 Å². The Morgan fingerprint density at radius 1 is 0.889 bits per heavy atom. The van der Waals surface area contributed by atoms with Crippen molar-refractivity contribution in [3.8, 4) is 0 Å². The Hall–Kier alpha value is -1.28. The molecular weight excluding hydrogens is 243 g/mol. The van der Waals surface area contributed by atoms with E-state index in [1.165, 1.54) is 12.0 Å². The maximum Gasteiger partial charge on any atom is 0.127 e. The summed E-state index contributed by atoms with van der Waals surface area (Å²) in [7, 11) is 0. The van der Waals surface area contributed by atoms with Gasteiger partial charge >= 0.3 is 0 Å². The summed E-state index contributed by atoms with van der Waals surface area (Å²) in [4.78, 5) is 2.17. The van der Waals surface area contributed by atoms with Crippen LogP contribution in [0, 0.1) is 5.82 Å². The van der Waals surface area contributed by atoms with Crippen LogP contribution in [-0.4, -0.2) is 0 Å². The number of hydrogen-bond acceptors (Lipinski definition) is 1. The fourth-order valence-corrected chi connectivity index (χ4v) is 3.40. The smallest absolute Gasteiger partial charge is 0.127 e. The molecule has 0 heterocycles. The van der Waals surface area contributed by atoms with E-state index in [0.717, 1.165) is 34.6 Å². The van der Waals surface area contributed by atoms with E-state index in [1.54, 1.807) is 17.8 Å². The zero-order valence-electron chi connectivity index (χ0n) is 10.2. The van der Waals surface area contributed by atoms with E-state index in [1.807, 2.05) is 18.2 Å². The molecule has 1 aliphatic rings. The fourth-order valence-electron chi connectivity index (χ4n) is 2.47. The van der Waals surface area contributed by atoms with Crippen molar-refractivity contribution < 1.29 is 4.39 Å². The molecule has 0 atom stereocenters. The van der Waals surface area contributed by atoms with Crippen LogP contribution in [0.25, 0.3) is 0 Å². The van der Waals surface area contributed by atoms with E-state index in [4.69, 9.17) is 0 Å². The lowest BCUT2D eigenvalue weighted by atomic mass is 9.91. The molecule has 0 unspecified atom stereocenters. The van der Waals surface area contributed by atoms with Gasteiger partial charge in [0.2, 0.25) is 0 Å². The Balaban J connectivity index is 1.91. The molecule has 3 rings (SSSR count). The predicted octanol–water partition coefficient (Wildman–Crippen LogP) is 4.86. The van der Waals surface area contributed by atoms with Gasteiger partial charge in [-0.1, -0.05) is 30.0 Å². The molecule has 92 valence electrons. The summed E-state index contributed by atoms with van der Waals surface area (Å²) in [6, 6.07) is 14.0. The Morgan fingerprint density at radius 2 is 1.67 bits per heavy atom. The molecule has 0 saturated carbocycles. The Morgan fingerprint density at radius 3 is 2.50 bits per heavy atom. The third kappa shape index (κ3) is 2.44. The number of aryl methyl sites for hydroxylation is 1. The first-order chi connectivity index (χ1) is 8.83. The van der Waals surface area contributed by atoms with E-state index >= 15 is 0 Å². The number of hydrogen-bond donors (Lipinski definition) is 0. The third-order valence-electron chi connectivity index (χ3n) is 3.36. The van der Waals surface area contributed by atoms with Crippen LogP contribution in [-0.2, 0) is 12.8 Å². The average Bonchev–Trinajstić information content (AvgIpc) is 2.40. The number of halogens is 1. The summed E-state index contributed by atoms with van der Waals surface area (Å²) in [5.74, 6) is -0.0226. The second kappa shape index (κ2) is 5.15. The molecule has 0 saturated heterocycles. The van der Waals surface area contributed by atoms with Gasteiger partial charge in [0.25, 0.3) is 0 Å². The molecule has 0 aromatic heterocycles. The molecule has 2 aromatic rings. The van der Waals surface area contributed by atoms with Crippen molar-refractivity contribution in [3.05, 3.63) is 59.4 Å². The van der Waals surface area contributed by atoms with Gasteiger partial charge in [-0.3, -0.25) is 0 Å². The number of rotatable bonds is 2. The molecule has 0 bridgehead atoms. The Labute approximate surface area is 111 Å². The molecule has 2 heteroatoms. The maximum atomic E-state index is 14.0. The minimum atomic E-state index is -0.0226. The van der Waals surface area contributed by atoms with E-state index in [-0.39, 0.29) is 5.82 Å². The monoisotopic (exact) mass is 258 g/mol. The van der Waals surface area contributed by atoms with Crippen LogP contribution in [0.4, 0.5) is 4.39 Å². The summed E-state index contributed by atoms with van der Waals surface area (Å²) < 4.78 is 14.0. The van der Waals surface area contributed by atoms with Crippen molar-refractivity contribution in [2.45, 2.75) is 35.5 Å². The second-order valence-corrected chi connectivity index (χ2v) is 5.81. The molecule has 2 aromatic carbocycles. The highest BCUT2D eigenvalue weighted by atomic mass is 32.2. The largest absolute Gasteiger partial charge is 0.207 e. The summed E-state index contributed by atoms with van der Waals surface area (Å²) in [5, 5.41) is 0. The summed E-state index contributed by atoms with van der Waals surface area (Å²) in [5.41, 5.74) is 2.15. The Bertz CT molecular complexity index is 549. The van der Waals surface area contributed by atoms with Gasteiger partial charge in [0, 0.05) is 9.79 Å². The van der Waals surface area contributed by atoms with Gasteiger partial charge in [-0.2, -0.15) is 0 Å². The van der Waals surface area contributed by atoms with E-state index < -0.39 is 0 Å². The molecule has 0 spiro atoms. The molecule has 0 nitrogen and oxygen atoms in total. The second-order valence-electron chi connectivity index (χ2n) is 4.66. The van der Waals surface area contributed by atoms with Crippen molar-refractivity contribution in [1.29, 1.82) is 0 Å². The molecule has 1 aliphatic carbocycles. The molecular formula is C16H15FS. The summed E-state index contributed by atoms with van der Waals surface area (Å²) >= 11 is 1.63.